The molecule has 0 atom stereocenters. The van der Waals surface area contributed by atoms with Crippen LogP contribution in [0.5, 0.6) is 0 Å². The van der Waals surface area contributed by atoms with Crippen LogP contribution in [-0.2, 0) is 4.74 Å². The molecule has 1 aromatic heterocycles. The van der Waals surface area contributed by atoms with Crippen molar-refractivity contribution in [3.8, 4) is 0 Å². The third-order valence-corrected chi connectivity index (χ3v) is 3.61. The molecule has 2 rings (SSSR count). The van der Waals surface area contributed by atoms with E-state index >= 15 is 0 Å². The van der Waals surface area contributed by atoms with Crippen molar-refractivity contribution in [3.05, 3.63) is 16.5 Å². The highest BCUT2D eigenvalue weighted by molar-refractivity contribution is 8.00. The number of ether oxygens (including phenoxy) is 1. The Morgan fingerprint density at radius 1 is 1.29 bits per heavy atom. The second-order valence-electron chi connectivity index (χ2n) is 3.27. The van der Waals surface area contributed by atoms with Gasteiger partial charge in [-0.05, 0) is 13.8 Å². The lowest BCUT2D eigenvalue weighted by Gasteiger charge is -2.24. The second kappa shape index (κ2) is 4.04. The number of thioether (sulfide) groups is 1. The Kier molecular flexibility index (Phi) is 2.95. The first-order chi connectivity index (χ1) is 6.66. The monoisotopic (exact) mass is 230 g/mol. The molecule has 0 radical (unpaired) electrons. The number of nitrogens with zero attached hydrogens (tertiary/aromatic N) is 2. The van der Waals surface area contributed by atoms with E-state index < -0.39 is 0 Å². The van der Waals surface area contributed by atoms with Crippen molar-refractivity contribution in [2.75, 3.05) is 13.2 Å². The van der Waals surface area contributed by atoms with Crippen molar-refractivity contribution in [1.29, 1.82) is 0 Å². The van der Waals surface area contributed by atoms with Crippen molar-refractivity contribution in [1.82, 2.24) is 9.97 Å². The summed E-state index contributed by atoms with van der Waals surface area (Å²) < 4.78 is 5.09. The predicted octanol–water partition coefficient (Wildman–Crippen LogP) is 2.24. The zero-order valence-corrected chi connectivity index (χ0v) is 9.65. The standard InChI is InChI=1S/C9H11ClN2OS/c1-5-6(2)12-9(8(10)11-5)14-7-3-13-4-7/h7H,3-4H2,1-2H3. The quantitative estimate of drug-likeness (QED) is 0.781. The zero-order valence-electron chi connectivity index (χ0n) is 8.08. The lowest BCUT2D eigenvalue weighted by molar-refractivity contribution is 0.0454. The minimum absolute atomic E-state index is 0.490. The highest BCUT2D eigenvalue weighted by atomic mass is 35.5. The maximum absolute atomic E-state index is 5.99. The number of hydrogen-bond acceptors (Lipinski definition) is 4. The summed E-state index contributed by atoms with van der Waals surface area (Å²) in [5.41, 5.74) is 1.83. The van der Waals surface area contributed by atoms with E-state index in [4.69, 9.17) is 16.3 Å². The third-order valence-electron chi connectivity index (χ3n) is 2.12. The van der Waals surface area contributed by atoms with Crippen molar-refractivity contribution in [3.63, 3.8) is 0 Å². The van der Waals surface area contributed by atoms with Gasteiger partial charge in [0.25, 0.3) is 0 Å². The van der Waals surface area contributed by atoms with E-state index in [2.05, 4.69) is 9.97 Å². The average Bonchev–Trinajstić information content (AvgIpc) is 2.06. The molecule has 0 unspecified atom stereocenters. The summed E-state index contributed by atoms with van der Waals surface area (Å²) in [5, 5.41) is 1.82. The molecular formula is C9H11ClN2OS. The summed E-state index contributed by atoms with van der Waals surface area (Å²) in [7, 11) is 0. The van der Waals surface area contributed by atoms with E-state index in [0.29, 0.717) is 10.4 Å². The molecule has 0 bridgehead atoms. The van der Waals surface area contributed by atoms with Gasteiger partial charge in [0.15, 0.2) is 5.15 Å². The SMILES string of the molecule is Cc1nc(Cl)c(SC2COC2)nc1C. The largest absolute Gasteiger partial charge is 0.379 e. The predicted molar refractivity (Wildman–Crippen MR) is 57.0 cm³/mol. The Hall–Kier alpha value is -0.320. The molecule has 1 saturated heterocycles. The van der Waals surface area contributed by atoms with Crippen LogP contribution >= 0.6 is 23.4 Å². The normalized spacial score (nSPS) is 16.8. The van der Waals surface area contributed by atoms with E-state index in [0.717, 1.165) is 29.6 Å². The van der Waals surface area contributed by atoms with Crippen LogP contribution in [0.4, 0.5) is 0 Å². The maximum atomic E-state index is 5.99. The number of aromatic nitrogens is 2. The van der Waals surface area contributed by atoms with Crippen LogP contribution in [0.25, 0.3) is 0 Å². The second-order valence-corrected chi connectivity index (χ2v) is 4.91. The zero-order chi connectivity index (χ0) is 10.1. The molecule has 0 N–H and O–H groups in total. The molecule has 1 aliphatic rings. The van der Waals surface area contributed by atoms with E-state index in [9.17, 15) is 0 Å². The molecule has 1 fully saturated rings. The fourth-order valence-corrected chi connectivity index (χ4v) is 2.35. The molecule has 3 nitrogen and oxygen atoms in total. The van der Waals surface area contributed by atoms with Crippen LogP contribution in [-0.4, -0.2) is 28.4 Å². The number of halogens is 1. The minimum atomic E-state index is 0.490. The summed E-state index contributed by atoms with van der Waals surface area (Å²) in [6, 6.07) is 0. The molecule has 0 aliphatic carbocycles. The Bertz CT molecular complexity index is 355. The summed E-state index contributed by atoms with van der Waals surface area (Å²) in [4.78, 5) is 8.63. The van der Waals surface area contributed by atoms with Gasteiger partial charge in [-0.15, -0.1) is 0 Å². The van der Waals surface area contributed by atoms with Crippen LogP contribution in [0, 0.1) is 13.8 Å². The third kappa shape index (κ3) is 2.02. The highest BCUT2D eigenvalue weighted by Gasteiger charge is 2.22. The minimum Gasteiger partial charge on any atom is -0.379 e. The van der Waals surface area contributed by atoms with Gasteiger partial charge in [0, 0.05) is 0 Å². The smallest absolute Gasteiger partial charge is 0.161 e. The van der Waals surface area contributed by atoms with Crippen LogP contribution in [0.2, 0.25) is 5.15 Å². The van der Waals surface area contributed by atoms with Crippen LogP contribution in [0.3, 0.4) is 0 Å². The van der Waals surface area contributed by atoms with Crippen molar-refractivity contribution >= 4 is 23.4 Å². The Labute approximate surface area is 92.2 Å². The van der Waals surface area contributed by atoms with Crippen LogP contribution in [0.1, 0.15) is 11.4 Å². The first-order valence-corrected chi connectivity index (χ1v) is 5.67. The average molecular weight is 231 g/mol. The van der Waals surface area contributed by atoms with Crippen molar-refractivity contribution in [2.24, 2.45) is 0 Å². The first kappa shape index (κ1) is 10.2. The van der Waals surface area contributed by atoms with Gasteiger partial charge in [0.05, 0.1) is 29.9 Å². The molecule has 14 heavy (non-hydrogen) atoms. The van der Waals surface area contributed by atoms with Gasteiger partial charge in [-0.1, -0.05) is 23.4 Å². The lowest BCUT2D eigenvalue weighted by atomic mass is 10.4. The Morgan fingerprint density at radius 2 is 1.93 bits per heavy atom. The van der Waals surface area contributed by atoms with Gasteiger partial charge in [0.2, 0.25) is 0 Å². The van der Waals surface area contributed by atoms with Crippen LogP contribution < -0.4 is 0 Å². The van der Waals surface area contributed by atoms with Gasteiger partial charge < -0.3 is 4.74 Å². The molecule has 1 aliphatic heterocycles. The topological polar surface area (TPSA) is 35.0 Å². The van der Waals surface area contributed by atoms with Gasteiger partial charge in [0.1, 0.15) is 5.03 Å². The molecule has 1 aromatic rings. The van der Waals surface area contributed by atoms with E-state index in [1.165, 1.54) is 0 Å². The molecule has 0 spiro atoms. The summed E-state index contributed by atoms with van der Waals surface area (Å²) in [5.74, 6) is 0. The van der Waals surface area contributed by atoms with Gasteiger partial charge in [-0.3, -0.25) is 0 Å². The fraction of sp³-hybridized carbons (Fsp3) is 0.556. The first-order valence-electron chi connectivity index (χ1n) is 4.42. The van der Waals surface area contributed by atoms with Gasteiger partial charge >= 0.3 is 0 Å². The Balaban J connectivity index is 2.19. The molecule has 0 amide bonds. The van der Waals surface area contributed by atoms with E-state index in [1.807, 2.05) is 13.8 Å². The van der Waals surface area contributed by atoms with Gasteiger partial charge in [-0.2, -0.15) is 0 Å². The molecule has 2 heterocycles. The lowest BCUT2D eigenvalue weighted by Crippen LogP contribution is -2.30. The molecule has 0 aromatic carbocycles. The van der Waals surface area contributed by atoms with E-state index in [1.54, 1.807) is 11.8 Å². The molecule has 5 heteroatoms. The summed E-state index contributed by atoms with van der Waals surface area (Å²) in [6.07, 6.45) is 0. The summed E-state index contributed by atoms with van der Waals surface area (Å²) >= 11 is 7.64. The number of rotatable bonds is 2. The highest BCUT2D eigenvalue weighted by Crippen LogP contribution is 2.31. The number of aryl methyl sites for hydroxylation is 2. The van der Waals surface area contributed by atoms with Crippen LogP contribution in [0.15, 0.2) is 5.03 Å². The van der Waals surface area contributed by atoms with Crippen molar-refractivity contribution < 1.29 is 4.74 Å². The number of hydrogen-bond donors (Lipinski definition) is 0. The van der Waals surface area contributed by atoms with Crippen molar-refractivity contribution in [2.45, 2.75) is 24.1 Å². The fourth-order valence-electron chi connectivity index (χ4n) is 1.07. The molecular weight excluding hydrogens is 220 g/mol. The van der Waals surface area contributed by atoms with Gasteiger partial charge in [-0.25, -0.2) is 9.97 Å². The maximum Gasteiger partial charge on any atom is 0.161 e. The Morgan fingerprint density at radius 3 is 2.50 bits per heavy atom. The molecule has 76 valence electrons. The molecule has 0 saturated carbocycles. The summed E-state index contributed by atoms with van der Waals surface area (Å²) in [6.45, 7) is 5.43. The van der Waals surface area contributed by atoms with E-state index in [-0.39, 0.29) is 0 Å².